The fourth-order valence-corrected chi connectivity index (χ4v) is 1.51. The van der Waals surface area contributed by atoms with E-state index >= 15 is 0 Å². The fraction of sp³-hybridized carbons (Fsp3) is 0.600. The van der Waals surface area contributed by atoms with E-state index in [1.165, 1.54) is 0 Å². The standard InChI is InChI=1S/C10H20N4O/c1-7(5-6-13-10(11)12)9(8(2)15)14(3)4/h9H,1,5-6H2,2-4H3,(H4,11,12,13)/t9-/m0/s1. The van der Waals surface area contributed by atoms with E-state index in [9.17, 15) is 4.79 Å². The highest BCUT2D eigenvalue weighted by atomic mass is 16.1. The zero-order valence-electron chi connectivity index (χ0n) is 9.63. The smallest absolute Gasteiger partial charge is 0.185 e. The van der Waals surface area contributed by atoms with E-state index in [1.54, 1.807) is 6.92 Å². The number of nitrogens with zero attached hydrogens (tertiary/aromatic N) is 1. The Balaban J connectivity index is 4.16. The van der Waals surface area contributed by atoms with Crippen LogP contribution in [0.4, 0.5) is 0 Å². The third kappa shape index (κ3) is 5.17. The first-order valence-electron chi connectivity index (χ1n) is 4.78. The van der Waals surface area contributed by atoms with Crippen molar-refractivity contribution in [3.63, 3.8) is 0 Å². The van der Waals surface area contributed by atoms with Crippen LogP contribution in [-0.2, 0) is 4.79 Å². The number of nitrogens with one attached hydrogen (secondary N) is 2. The van der Waals surface area contributed by atoms with Crippen LogP contribution in [0.15, 0.2) is 12.2 Å². The first-order chi connectivity index (χ1) is 6.86. The van der Waals surface area contributed by atoms with Gasteiger partial charge in [0.25, 0.3) is 0 Å². The molecule has 0 spiro atoms. The van der Waals surface area contributed by atoms with Crippen molar-refractivity contribution in [2.24, 2.45) is 5.73 Å². The molecule has 0 aliphatic carbocycles. The summed E-state index contributed by atoms with van der Waals surface area (Å²) in [6.07, 6.45) is 0.627. The predicted octanol–water partition coefficient (Wildman–Crippen LogP) is -0.0650. The minimum absolute atomic E-state index is 0.0629. The molecule has 0 aliphatic rings. The number of Topliss-reactive ketones (excluding diaryl/α,β-unsaturated/α-hetero) is 1. The summed E-state index contributed by atoms with van der Waals surface area (Å²) in [6, 6.07) is -0.251. The molecule has 0 rings (SSSR count). The van der Waals surface area contributed by atoms with Crippen molar-refractivity contribution in [2.75, 3.05) is 20.6 Å². The molecule has 0 aromatic rings. The van der Waals surface area contributed by atoms with E-state index < -0.39 is 0 Å². The molecule has 0 unspecified atom stereocenters. The van der Waals surface area contributed by atoms with Crippen LogP contribution < -0.4 is 11.1 Å². The fourth-order valence-electron chi connectivity index (χ4n) is 1.51. The summed E-state index contributed by atoms with van der Waals surface area (Å²) in [5.74, 6) is 0.0138. The Kier molecular flexibility index (Phi) is 5.62. The zero-order valence-corrected chi connectivity index (χ0v) is 9.63. The summed E-state index contributed by atoms with van der Waals surface area (Å²) in [4.78, 5) is 13.2. The van der Waals surface area contributed by atoms with Crippen LogP contribution in [0.25, 0.3) is 0 Å². The van der Waals surface area contributed by atoms with Gasteiger partial charge in [-0.05, 0) is 27.4 Å². The lowest BCUT2D eigenvalue weighted by molar-refractivity contribution is -0.120. The molecule has 0 aliphatic heterocycles. The largest absolute Gasteiger partial charge is 0.370 e. The average Bonchev–Trinajstić information content (AvgIpc) is 2.01. The van der Waals surface area contributed by atoms with Crippen LogP contribution in [0.3, 0.4) is 0 Å². The van der Waals surface area contributed by atoms with Gasteiger partial charge in [0.05, 0.1) is 6.04 Å². The first-order valence-corrected chi connectivity index (χ1v) is 4.78. The Hall–Kier alpha value is -1.36. The quantitative estimate of drug-likeness (QED) is 0.327. The Labute approximate surface area is 90.8 Å². The summed E-state index contributed by atoms with van der Waals surface area (Å²) >= 11 is 0. The molecular weight excluding hydrogens is 192 g/mol. The van der Waals surface area contributed by atoms with Crippen molar-refractivity contribution in [1.82, 2.24) is 10.2 Å². The van der Waals surface area contributed by atoms with Gasteiger partial charge in [-0.2, -0.15) is 0 Å². The third-order valence-electron chi connectivity index (χ3n) is 2.05. The lowest BCUT2D eigenvalue weighted by Gasteiger charge is -2.23. The number of carbonyl (C=O) groups is 1. The predicted molar refractivity (Wildman–Crippen MR) is 61.8 cm³/mol. The number of carbonyl (C=O) groups excluding carboxylic acids is 1. The van der Waals surface area contributed by atoms with Crippen LogP contribution >= 0.6 is 0 Å². The number of hydrogen-bond acceptors (Lipinski definition) is 3. The molecule has 0 bridgehead atoms. The molecular formula is C10H20N4O. The van der Waals surface area contributed by atoms with Crippen molar-refractivity contribution in [3.8, 4) is 0 Å². The minimum atomic E-state index is -0.251. The van der Waals surface area contributed by atoms with Crippen LogP contribution in [0, 0.1) is 5.41 Å². The highest BCUT2D eigenvalue weighted by Gasteiger charge is 2.19. The molecule has 0 amide bonds. The Morgan fingerprint density at radius 1 is 1.60 bits per heavy atom. The van der Waals surface area contributed by atoms with Gasteiger partial charge in [0.2, 0.25) is 0 Å². The minimum Gasteiger partial charge on any atom is -0.370 e. The van der Waals surface area contributed by atoms with Crippen molar-refractivity contribution in [1.29, 1.82) is 5.41 Å². The molecule has 86 valence electrons. The molecule has 0 heterocycles. The Morgan fingerprint density at radius 3 is 2.47 bits per heavy atom. The molecule has 1 atom stereocenters. The molecule has 0 radical (unpaired) electrons. The third-order valence-corrected chi connectivity index (χ3v) is 2.05. The van der Waals surface area contributed by atoms with Gasteiger partial charge in [-0.1, -0.05) is 12.2 Å². The van der Waals surface area contributed by atoms with E-state index in [2.05, 4.69) is 11.9 Å². The van der Waals surface area contributed by atoms with Crippen LogP contribution in [0.1, 0.15) is 13.3 Å². The second-order valence-electron chi connectivity index (χ2n) is 3.73. The maximum Gasteiger partial charge on any atom is 0.185 e. The van der Waals surface area contributed by atoms with Gasteiger partial charge in [-0.25, -0.2) is 0 Å². The summed E-state index contributed by atoms with van der Waals surface area (Å²) in [5.41, 5.74) is 5.97. The van der Waals surface area contributed by atoms with Gasteiger partial charge >= 0.3 is 0 Å². The number of rotatable bonds is 6. The van der Waals surface area contributed by atoms with Crippen molar-refractivity contribution in [2.45, 2.75) is 19.4 Å². The van der Waals surface area contributed by atoms with Crippen molar-refractivity contribution in [3.05, 3.63) is 12.2 Å². The normalized spacial score (nSPS) is 12.3. The first kappa shape index (κ1) is 13.6. The van der Waals surface area contributed by atoms with E-state index in [0.29, 0.717) is 13.0 Å². The van der Waals surface area contributed by atoms with Crippen molar-refractivity contribution < 1.29 is 4.79 Å². The molecule has 4 N–H and O–H groups in total. The highest BCUT2D eigenvalue weighted by molar-refractivity contribution is 5.84. The van der Waals surface area contributed by atoms with Gasteiger partial charge in [0, 0.05) is 6.54 Å². The zero-order chi connectivity index (χ0) is 12.0. The van der Waals surface area contributed by atoms with Gasteiger partial charge < -0.3 is 11.1 Å². The summed E-state index contributed by atoms with van der Waals surface area (Å²) in [5, 5.41) is 9.65. The average molecular weight is 212 g/mol. The van der Waals surface area contributed by atoms with Gasteiger partial charge in [-0.15, -0.1) is 0 Å². The van der Waals surface area contributed by atoms with E-state index in [-0.39, 0.29) is 17.8 Å². The second-order valence-corrected chi connectivity index (χ2v) is 3.73. The Morgan fingerprint density at radius 2 is 2.13 bits per heavy atom. The topological polar surface area (TPSA) is 82.2 Å². The molecule has 0 aromatic heterocycles. The lowest BCUT2D eigenvalue weighted by atomic mass is 10.0. The molecule has 15 heavy (non-hydrogen) atoms. The summed E-state index contributed by atoms with van der Waals surface area (Å²) < 4.78 is 0. The molecule has 0 saturated carbocycles. The van der Waals surface area contributed by atoms with Gasteiger partial charge in [0.1, 0.15) is 0 Å². The van der Waals surface area contributed by atoms with E-state index in [4.69, 9.17) is 11.1 Å². The monoisotopic (exact) mass is 212 g/mol. The molecule has 0 aromatic carbocycles. The molecule has 0 fully saturated rings. The van der Waals surface area contributed by atoms with Crippen LogP contribution in [0.2, 0.25) is 0 Å². The summed E-state index contributed by atoms with van der Waals surface area (Å²) in [7, 11) is 3.69. The SMILES string of the molecule is C=C(CCNC(=N)N)[C@@H](C(C)=O)N(C)C. The Bertz CT molecular complexity index is 260. The maximum atomic E-state index is 11.3. The van der Waals surface area contributed by atoms with Gasteiger partial charge in [0.15, 0.2) is 11.7 Å². The number of hydrogen-bond donors (Lipinski definition) is 3. The lowest BCUT2D eigenvalue weighted by Crippen LogP contribution is -2.37. The molecule has 5 nitrogen and oxygen atoms in total. The molecule has 0 saturated heterocycles. The van der Waals surface area contributed by atoms with Crippen LogP contribution in [0.5, 0.6) is 0 Å². The number of guanidine groups is 1. The second kappa shape index (κ2) is 6.19. The van der Waals surface area contributed by atoms with E-state index in [0.717, 1.165) is 5.57 Å². The van der Waals surface area contributed by atoms with E-state index in [1.807, 2.05) is 19.0 Å². The summed E-state index contributed by atoms with van der Waals surface area (Å²) in [6.45, 7) is 5.96. The highest BCUT2D eigenvalue weighted by Crippen LogP contribution is 2.10. The molecule has 5 heteroatoms. The van der Waals surface area contributed by atoms with Gasteiger partial charge in [-0.3, -0.25) is 15.1 Å². The maximum absolute atomic E-state index is 11.3. The number of ketones is 1. The van der Waals surface area contributed by atoms with Crippen molar-refractivity contribution >= 4 is 11.7 Å². The number of nitrogens with two attached hydrogens (primary N) is 1. The van der Waals surface area contributed by atoms with Crippen LogP contribution in [-0.4, -0.2) is 43.3 Å². The number of likely N-dealkylation sites (N-methyl/N-ethyl adjacent to an activating group) is 1.